The molecule has 0 spiro atoms. The van der Waals surface area contributed by atoms with Crippen LogP contribution in [0.25, 0.3) is 0 Å². The molecule has 0 aliphatic heterocycles. The first-order valence-corrected chi connectivity index (χ1v) is 9.12. The van der Waals surface area contributed by atoms with Crippen molar-refractivity contribution in [3.8, 4) is 0 Å². The summed E-state index contributed by atoms with van der Waals surface area (Å²) < 4.78 is 9.58. The Morgan fingerprint density at radius 3 is 0.947 bits per heavy atom. The lowest BCUT2D eigenvalue weighted by atomic mass is 10.8. The Morgan fingerprint density at radius 2 is 0.789 bits per heavy atom. The Hall–Kier alpha value is 2.92. The normalized spacial score (nSPS) is 14.2. The van der Waals surface area contributed by atoms with Crippen molar-refractivity contribution in [2.75, 3.05) is 17.6 Å². The van der Waals surface area contributed by atoms with Crippen LogP contribution in [0.5, 0.6) is 0 Å². The van der Waals surface area contributed by atoms with Crippen molar-refractivity contribution in [3.05, 3.63) is 0 Å². The maximum atomic E-state index is 5.69. The molecule has 13 heteroatoms. The quantitative estimate of drug-likeness (QED) is 0.286. The Morgan fingerprint density at radius 1 is 0.579 bits per heavy atom. The minimum absolute atomic E-state index is 0.307. The highest BCUT2D eigenvalue weighted by Crippen LogP contribution is 2.55. The summed E-state index contributed by atoms with van der Waals surface area (Å²) in [5.41, 5.74) is 0. The highest BCUT2D eigenvalue weighted by atomic mass is 35.5. The fourth-order valence-corrected chi connectivity index (χ4v) is 2.82. The van der Waals surface area contributed by atoms with Crippen LogP contribution in [0.3, 0.4) is 0 Å². The SMILES string of the molecule is ClCC(Cl)(Cl)OP(OC(Cl)(Cl)CCl)OC(Cl)(Cl)CCl. The van der Waals surface area contributed by atoms with E-state index in [1.54, 1.807) is 0 Å². The lowest BCUT2D eigenvalue weighted by Crippen LogP contribution is -2.27. The van der Waals surface area contributed by atoms with E-state index in [9.17, 15) is 0 Å². The Kier molecular flexibility index (Phi) is 10.7. The lowest BCUT2D eigenvalue weighted by Gasteiger charge is -2.30. The van der Waals surface area contributed by atoms with E-state index in [2.05, 4.69) is 0 Å². The molecular formula is C6H6Cl9O3P. The van der Waals surface area contributed by atoms with Crippen LogP contribution in [0.2, 0.25) is 0 Å². The average molecular weight is 476 g/mol. The van der Waals surface area contributed by atoms with Crippen LogP contribution < -0.4 is 0 Å². The molecule has 0 heterocycles. The molecule has 0 fully saturated rings. The van der Waals surface area contributed by atoms with Gasteiger partial charge in [-0.3, -0.25) is 13.6 Å². The van der Waals surface area contributed by atoms with Crippen LogP contribution in [0.1, 0.15) is 0 Å². The molecule has 0 amide bonds. The molecule has 0 rings (SSSR count). The fraction of sp³-hybridized carbons (Fsp3) is 1.00. The van der Waals surface area contributed by atoms with Crippen molar-refractivity contribution in [3.63, 3.8) is 0 Å². The molecule has 0 aromatic heterocycles. The number of halogens is 9. The first kappa shape index (κ1) is 21.9. The standard InChI is InChI=1S/C6H6Cl9O3P/c7-1-4(10,11)16-19(17-5(12,13)2-8)18-6(14,15)3-9/h1-3H2. The van der Waals surface area contributed by atoms with Crippen molar-refractivity contribution in [2.24, 2.45) is 0 Å². The third kappa shape index (κ3) is 10.3. The van der Waals surface area contributed by atoms with Crippen LogP contribution in [0.4, 0.5) is 0 Å². The molecule has 3 nitrogen and oxygen atoms in total. The van der Waals surface area contributed by atoms with Gasteiger partial charge in [0.2, 0.25) is 13.6 Å². The van der Waals surface area contributed by atoms with Crippen molar-refractivity contribution in [1.82, 2.24) is 0 Å². The first-order valence-electron chi connectivity index (χ1n) is 4.16. The van der Waals surface area contributed by atoms with Crippen LogP contribution in [0, 0.1) is 0 Å². The van der Waals surface area contributed by atoms with Crippen molar-refractivity contribution in [2.45, 2.75) is 13.6 Å². The second kappa shape index (κ2) is 9.27. The topological polar surface area (TPSA) is 27.7 Å². The van der Waals surface area contributed by atoms with Crippen LogP contribution in [-0.2, 0) is 13.6 Å². The summed E-state index contributed by atoms with van der Waals surface area (Å²) >= 11 is 50.6. The van der Waals surface area contributed by atoms with Crippen LogP contribution >= 0.6 is 113 Å². The molecule has 0 saturated carbocycles. The van der Waals surface area contributed by atoms with Gasteiger partial charge in [0.25, 0.3) is 0 Å². The molecule has 0 bridgehead atoms. The fourth-order valence-electron chi connectivity index (χ4n) is 0.456. The van der Waals surface area contributed by atoms with Gasteiger partial charge in [-0.2, -0.15) is 0 Å². The zero-order chi connectivity index (χ0) is 15.3. The maximum absolute atomic E-state index is 5.69. The van der Waals surface area contributed by atoms with Gasteiger partial charge in [0.1, 0.15) is 0 Å². The Balaban J connectivity index is 4.84. The van der Waals surface area contributed by atoms with E-state index in [1.165, 1.54) is 0 Å². The zero-order valence-electron chi connectivity index (χ0n) is 8.69. The number of hydrogen-bond donors (Lipinski definition) is 0. The largest absolute Gasteiger partial charge is 0.341 e. The van der Waals surface area contributed by atoms with Gasteiger partial charge in [-0.15, -0.1) is 34.8 Å². The monoisotopic (exact) mass is 472 g/mol. The molecule has 0 unspecified atom stereocenters. The summed E-state index contributed by atoms with van der Waals surface area (Å²) in [5, 5.41) is 0. The summed E-state index contributed by atoms with van der Waals surface area (Å²) in [5.74, 6) is -0.921. The summed E-state index contributed by atoms with van der Waals surface area (Å²) in [6.07, 6.45) is 0. The minimum Gasteiger partial charge on any atom is -0.273 e. The van der Waals surface area contributed by atoms with E-state index < -0.39 is 22.2 Å². The van der Waals surface area contributed by atoms with Crippen LogP contribution in [0.15, 0.2) is 0 Å². The van der Waals surface area contributed by atoms with Gasteiger partial charge in [0.15, 0.2) is 0 Å². The van der Waals surface area contributed by atoms with Crippen molar-refractivity contribution in [1.29, 1.82) is 0 Å². The molecule has 0 atom stereocenters. The van der Waals surface area contributed by atoms with E-state index in [-0.39, 0.29) is 17.6 Å². The highest BCUT2D eigenvalue weighted by molar-refractivity contribution is 7.42. The summed E-state index contributed by atoms with van der Waals surface area (Å²) in [4.78, 5) is 0. The van der Waals surface area contributed by atoms with E-state index in [1.807, 2.05) is 0 Å². The van der Waals surface area contributed by atoms with E-state index >= 15 is 0 Å². The third-order valence-corrected chi connectivity index (χ3v) is 6.33. The molecule has 116 valence electrons. The van der Waals surface area contributed by atoms with Gasteiger partial charge < -0.3 is 0 Å². The molecule has 0 aliphatic rings. The van der Waals surface area contributed by atoms with Gasteiger partial charge in [0, 0.05) is 0 Å². The van der Waals surface area contributed by atoms with Crippen molar-refractivity contribution >= 4 is 113 Å². The van der Waals surface area contributed by atoms with Gasteiger partial charge in [-0.05, 0) is 0 Å². The number of rotatable bonds is 9. The van der Waals surface area contributed by atoms with E-state index in [0.717, 1.165) is 0 Å². The van der Waals surface area contributed by atoms with Gasteiger partial charge in [-0.25, -0.2) is 0 Å². The predicted molar refractivity (Wildman–Crippen MR) is 85.6 cm³/mol. The Bertz CT molecular complexity index is 234. The minimum atomic E-state index is -2.39. The first-order chi connectivity index (χ1) is 8.47. The second-order valence-corrected chi connectivity index (χ2v) is 8.85. The number of hydrogen-bond acceptors (Lipinski definition) is 3. The van der Waals surface area contributed by atoms with Gasteiger partial charge in [-0.1, -0.05) is 69.6 Å². The molecule has 0 radical (unpaired) electrons. The summed E-state index contributed by atoms with van der Waals surface area (Å²) in [6, 6.07) is 0. The predicted octanol–water partition coefficient (Wildman–Crippen LogP) is 6.37. The lowest BCUT2D eigenvalue weighted by molar-refractivity contribution is 0.111. The molecule has 0 N–H and O–H groups in total. The average Bonchev–Trinajstić information content (AvgIpc) is 2.27. The summed E-state index contributed by atoms with van der Waals surface area (Å²) in [6.45, 7) is 0. The molecular weight excluding hydrogens is 470 g/mol. The van der Waals surface area contributed by atoms with Gasteiger partial charge in [0.05, 0.1) is 17.6 Å². The highest BCUT2D eigenvalue weighted by Gasteiger charge is 2.41. The maximum Gasteiger partial charge on any atom is 0.341 e. The molecule has 0 aromatic carbocycles. The molecule has 0 saturated heterocycles. The van der Waals surface area contributed by atoms with E-state index in [4.69, 9.17) is 118 Å². The molecule has 19 heavy (non-hydrogen) atoms. The Labute approximate surface area is 156 Å². The molecule has 0 aliphatic carbocycles. The van der Waals surface area contributed by atoms with Gasteiger partial charge >= 0.3 is 8.60 Å². The third-order valence-electron chi connectivity index (χ3n) is 1.09. The van der Waals surface area contributed by atoms with E-state index in [0.29, 0.717) is 0 Å². The smallest absolute Gasteiger partial charge is 0.273 e. The van der Waals surface area contributed by atoms with Crippen molar-refractivity contribution < 1.29 is 13.6 Å². The number of alkyl halides is 9. The zero-order valence-corrected chi connectivity index (χ0v) is 16.4. The second-order valence-electron chi connectivity index (χ2n) is 2.81. The van der Waals surface area contributed by atoms with Crippen LogP contribution in [-0.4, -0.2) is 31.2 Å². The summed E-state index contributed by atoms with van der Waals surface area (Å²) in [7, 11) is -2.39. The molecule has 0 aromatic rings.